The summed E-state index contributed by atoms with van der Waals surface area (Å²) in [5.41, 5.74) is 1.28. The van der Waals surface area contributed by atoms with Crippen molar-refractivity contribution < 1.29 is 9.47 Å². The monoisotopic (exact) mass is 230 g/mol. The minimum absolute atomic E-state index is 0.252. The molecule has 0 aliphatic carbocycles. The second kappa shape index (κ2) is 6.11. The van der Waals surface area contributed by atoms with Crippen LogP contribution in [0, 0.1) is 0 Å². The van der Waals surface area contributed by atoms with Gasteiger partial charge >= 0.3 is 0 Å². The fourth-order valence-corrected chi connectivity index (χ4v) is 2.01. The predicted molar refractivity (Wildman–Crippen MR) is 69.8 cm³/mol. The zero-order valence-electron chi connectivity index (χ0n) is 10.4. The van der Waals surface area contributed by atoms with Gasteiger partial charge in [-0.25, -0.2) is 0 Å². The van der Waals surface area contributed by atoms with Crippen LogP contribution in [-0.2, 0) is 11.2 Å². The molecule has 2 nitrogen and oxygen atoms in total. The summed E-state index contributed by atoms with van der Waals surface area (Å²) in [6, 6.07) is 8.14. The molecule has 0 saturated carbocycles. The molecule has 1 aliphatic heterocycles. The highest BCUT2D eigenvalue weighted by atomic mass is 16.6. The van der Waals surface area contributed by atoms with E-state index in [1.54, 1.807) is 7.11 Å². The first kappa shape index (κ1) is 12.5. The van der Waals surface area contributed by atoms with Crippen LogP contribution in [0.15, 0.2) is 24.3 Å². The van der Waals surface area contributed by atoms with Gasteiger partial charge in [0, 0.05) is 0 Å². The molecule has 1 aromatic carbocycles. The number of ether oxygens (including phenoxy) is 2. The molecule has 1 aromatic rings. The lowest BCUT2D eigenvalue weighted by atomic mass is 9.78. The first-order valence-electron chi connectivity index (χ1n) is 6.28. The summed E-state index contributed by atoms with van der Waals surface area (Å²) in [6.07, 6.45) is 4.88. The van der Waals surface area contributed by atoms with E-state index in [0.717, 1.165) is 31.6 Å². The molecule has 3 heteroatoms. The van der Waals surface area contributed by atoms with Gasteiger partial charge in [0.05, 0.1) is 27.7 Å². The maximum atomic E-state index is 6.11. The summed E-state index contributed by atoms with van der Waals surface area (Å²) in [7, 11) is 7.79. The molecular weight excluding hydrogens is 211 g/mol. The van der Waals surface area contributed by atoms with E-state index in [9.17, 15) is 0 Å². The smallest absolute Gasteiger partial charge is 0.118 e. The van der Waals surface area contributed by atoms with Crippen molar-refractivity contribution in [1.29, 1.82) is 0 Å². The number of rotatable bonds is 7. The average molecular weight is 230 g/mol. The van der Waals surface area contributed by atoms with Crippen LogP contribution in [-0.4, -0.2) is 27.7 Å². The highest BCUT2D eigenvalue weighted by Crippen LogP contribution is 2.23. The Morgan fingerprint density at radius 1 is 1.41 bits per heavy atom. The molecule has 0 aromatic heterocycles. The third kappa shape index (κ3) is 4.43. The average Bonchev–Trinajstić information content (AvgIpc) is 3.14. The maximum absolute atomic E-state index is 6.11. The van der Waals surface area contributed by atoms with Crippen LogP contribution in [0.1, 0.15) is 24.8 Å². The molecule has 0 spiro atoms. The van der Waals surface area contributed by atoms with E-state index in [4.69, 9.17) is 17.3 Å². The van der Waals surface area contributed by atoms with Crippen molar-refractivity contribution in [2.75, 3.05) is 13.7 Å². The summed E-state index contributed by atoms with van der Waals surface area (Å²) >= 11 is 0. The van der Waals surface area contributed by atoms with Gasteiger partial charge in [0.25, 0.3) is 0 Å². The number of benzene rings is 1. The van der Waals surface area contributed by atoms with E-state index in [2.05, 4.69) is 12.1 Å². The lowest BCUT2D eigenvalue weighted by molar-refractivity contribution is 0.388. The standard InChI is InChI=1S/C14H19BO2/c1-16-13-7-5-11(6-8-13)9-12(15)3-2-4-14-10-17-14/h5-8,12,14H,2-4,9-10H2,1H3/t12-,14?/m1/s1. The molecular formula is C14H19BO2. The molecule has 1 fully saturated rings. The second-order valence-electron chi connectivity index (χ2n) is 4.70. The van der Waals surface area contributed by atoms with Gasteiger partial charge in [-0.05, 0) is 30.5 Å². The SMILES string of the molecule is [B][C@H](CCCC1CO1)Cc1ccc(OC)cc1. The zero-order valence-corrected chi connectivity index (χ0v) is 10.4. The van der Waals surface area contributed by atoms with E-state index < -0.39 is 0 Å². The Bertz CT molecular complexity index is 333. The minimum Gasteiger partial charge on any atom is -0.497 e. The van der Waals surface area contributed by atoms with Crippen LogP contribution >= 0.6 is 0 Å². The van der Waals surface area contributed by atoms with Gasteiger partial charge < -0.3 is 9.47 Å². The molecule has 0 bridgehead atoms. The van der Waals surface area contributed by atoms with E-state index in [0.29, 0.717) is 6.10 Å². The Morgan fingerprint density at radius 3 is 2.71 bits per heavy atom. The molecule has 0 N–H and O–H groups in total. The van der Waals surface area contributed by atoms with Crippen molar-refractivity contribution in [3.8, 4) is 5.75 Å². The highest BCUT2D eigenvalue weighted by Gasteiger charge is 2.21. The Hall–Kier alpha value is -0.955. The first-order valence-corrected chi connectivity index (χ1v) is 6.28. The van der Waals surface area contributed by atoms with Crippen molar-refractivity contribution in [2.45, 2.75) is 37.6 Å². The number of hydrogen-bond acceptors (Lipinski definition) is 2. The summed E-state index contributed by atoms with van der Waals surface area (Å²) in [5.74, 6) is 1.15. The molecule has 0 amide bonds. The Kier molecular flexibility index (Phi) is 4.49. The fourth-order valence-electron chi connectivity index (χ4n) is 2.01. The molecule has 2 rings (SSSR count). The third-order valence-corrected chi connectivity index (χ3v) is 3.16. The van der Waals surface area contributed by atoms with Crippen molar-refractivity contribution in [1.82, 2.24) is 0 Å². The lowest BCUT2D eigenvalue weighted by Gasteiger charge is -2.11. The fraction of sp³-hybridized carbons (Fsp3) is 0.571. The van der Waals surface area contributed by atoms with Gasteiger partial charge in [-0.2, -0.15) is 0 Å². The normalized spacial score (nSPS) is 19.9. The van der Waals surface area contributed by atoms with Crippen molar-refractivity contribution in [2.24, 2.45) is 0 Å². The molecule has 1 unspecified atom stereocenters. The number of epoxide rings is 1. The summed E-state index contributed by atoms with van der Waals surface area (Å²) in [4.78, 5) is 0. The number of hydrogen-bond donors (Lipinski definition) is 0. The van der Waals surface area contributed by atoms with Crippen LogP contribution in [0.3, 0.4) is 0 Å². The van der Waals surface area contributed by atoms with E-state index in [1.807, 2.05) is 12.1 Å². The van der Waals surface area contributed by atoms with E-state index >= 15 is 0 Å². The van der Waals surface area contributed by atoms with Gasteiger partial charge in [0.1, 0.15) is 5.75 Å². The van der Waals surface area contributed by atoms with Gasteiger partial charge in [0.15, 0.2) is 0 Å². The van der Waals surface area contributed by atoms with Gasteiger partial charge in [-0.1, -0.05) is 30.8 Å². The summed E-state index contributed by atoms with van der Waals surface area (Å²) < 4.78 is 10.3. The predicted octanol–water partition coefficient (Wildman–Crippen LogP) is 2.76. The van der Waals surface area contributed by atoms with Crippen LogP contribution in [0.25, 0.3) is 0 Å². The van der Waals surface area contributed by atoms with E-state index in [-0.39, 0.29) is 5.82 Å². The molecule has 17 heavy (non-hydrogen) atoms. The largest absolute Gasteiger partial charge is 0.497 e. The Morgan fingerprint density at radius 2 is 2.12 bits per heavy atom. The van der Waals surface area contributed by atoms with Gasteiger partial charge in [-0.15, -0.1) is 0 Å². The highest BCUT2D eigenvalue weighted by molar-refractivity contribution is 6.11. The third-order valence-electron chi connectivity index (χ3n) is 3.16. The molecule has 1 saturated heterocycles. The van der Waals surface area contributed by atoms with Gasteiger partial charge in [-0.3, -0.25) is 0 Å². The van der Waals surface area contributed by atoms with Crippen LogP contribution in [0.5, 0.6) is 5.75 Å². The topological polar surface area (TPSA) is 21.8 Å². The quantitative estimate of drug-likeness (QED) is 0.530. The van der Waals surface area contributed by atoms with E-state index in [1.165, 1.54) is 12.0 Å². The van der Waals surface area contributed by atoms with Crippen LogP contribution in [0.2, 0.25) is 5.82 Å². The Labute approximate surface area is 105 Å². The second-order valence-corrected chi connectivity index (χ2v) is 4.70. The van der Waals surface area contributed by atoms with Crippen molar-refractivity contribution in [3.05, 3.63) is 29.8 Å². The number of methoxy groups -OCH3 is 1. The van der Waals surface area contributed by atoms with Crippen molar-refractivity contribution in [3.63, 3.8) is 0 Å². The lowest BCUT2D eigenvalue weighted by Crippen LogP contribution is -1.99. The molecule has 1 aliphatic rings. The van der Waals surface area contributed by atoms with Crippen molar-refractivity contribution >= 4 is 7.85 Å². The summed E-state index contributed by atoms with van der Waals surface area (Å²) in [5, 5.41) is 0. The van der Waals surface area contributed by atoms with Crippen LogP contribution in [0.4, 0.5) is 0 Å². The molecule has 2 radical (unpaired) electrons. The summed E-state index contributed by atoms with van der Waals surface area (Å²) in [6.45, 7) is 0.952. The molecule has 90 valence electrons. The zero-order chi connectivity index (χ0) is 12.1. The first-order chi connectivity index (χ1) is 8.28. The van der Waals surface area contributed by atoms with Crippen LogP contribution < -0.4 is 4.74 Å². The molecule has 1 heterocycles. The van der Waals surface area contributed by atoms with Gasteiger partial charge in [0.2, 0.25) is 0 Å². The Balaban J connectivity index is 1.70. The maximum Gasteiger partial charge on any atom is 0.118 e. The minimum atomic E-state index is 0.252. The molecule has 2 atom stereocenters.